The summed E-state index contributed by atoms with van der Waals surface area (Å²) < 4.78 is 11.6. The number of furan rings is 1. The molecule has 2 heterocycles. The molecule has 35 heavy (non-hydrogen) atoms. The van der Waals surface area contributed by atoms with E-state index in [1.165, 1.54) is 11.0 Å². The summed E-state index contributed by atoms with van der Waals surface area (Å²) in [7, 11) is 3.18. The zero-order valence-electron chi connectivity index (χ0n) is 20.8. The fourth-order valence-electron chi connectivity index (χ4n) is 5.09. The van der Waals surface area contributed by atoms with Crippen LogP contribution in [0.25, 0.3) is 0 Å². The molecular formula is C27H32N2O6. The number of hydrogen-bond donors (Lipinski definition) is 2. The van der Waals surface area contributed by atoms with E-state index in [2.05, 4.69) is 19.2 Å². The van der Waals surface area contributed by atoms with Gasteiger partial charge in [0.1, 0.15) is 11.5 Å². The molecule has 0 bridgehead atoms. The maximum Gasteiger partial charge on any atom is 0.257 e. The third-order valence-corrected chi connectivity index (χ3v) is 7.09. The largest absolute Gasteiger partial charge is 0.505 e. The lowest BCUT2D eigenvalue weighted by molar-refractivity contribution is -0.129. The number of benzene rings is 1. The van der Waals surface area contributed by atoms with Gasteiger partial charge in [0.2, 0.25) is 10.9 Å². The number of nitrogens with one attached hydrogen (secondary N) is 1. The van der Waals surface area contributed by atoms with Crippen LogP contribution in [0, 0.1) is 18.3 Å². The van der Waals surface area contributed by atoms with Crippen LogP contribution in [0.4, 0.5) is 11.4 Å². The van der Waals surface area contributed by atoms with E-state index in [4.69, 9.17) is 9.15 Å². The average Bonchev–Trinajstić information content (AvgIpc) is 3.24. The normalized spacial score (nSPS) is 16.5. The van der Waals surface area contributed by atoms with Gasteiger partial charge in [-0.15, -0.1) is 0 Å². The van der Waals surface area contributed by atoms with Gasteiger partial charge in [-0.05, 0) is 43.5 Å². The second-order valence-electron chi connectivity index (χ2n) is 9.98. The fourth-order valence-corrected chi connectivity index (χ4v) is 5.09. The number of aromatic hydroxyl groups is 1. The molecule has 1 amide bonds. The Bertz CT molecular complexity index is 1310. The lowest BCUT2D eigenvalue weighted by atomic mass is 9.65. The molecule has 1 aliphatic rings. The second-order valence-corrected chi connectivity index (χ2v) is 9.98. The van der Waals surface area contributed by atoms with E-state index in [9.17, 15) is 19.5 Å². The van der Waals surface area contributed by atoms with Crippen LogP contribution in [0.5, 0.6) is 5.75 Å². The van der Waals surface area contributed by atoms with Crippen molar-refractivity contribution in [3.05, 3.63) is 73.4 Å². The van der Waals surface area contributed by atoms with E-state index in [1.54, 1.807) is 26.2 Å². The topological polar surface area (TPSA) is 109 Å². The number of phenolic OH excluding ortho intramolecular Hbond substituents is 1. The Morgan fingerprint density at radius 1 is 1.17 bits per heavy atom. The SMILES string of the molecule is CCC(Cc1c(Nc2cccc(C(=O)N(C)C)c2O)c(=O)c1=O)C(c1ccc(C)o1)C1(C)COC1. The quantitative estimate of drug-likeness (QED) is 0.355. The molecule has 0 spiro atoms. The molecule has 0 saturated carbocycles. The number of carbonyl (C=O) groups excluding carboxylic acids is 1. The van der Waals surface area contributed by atoms with Crippen LogP contribution in [0.3, 0.4) is 0 Å². The number of ether oxygens (including phenoxy) is 1. The van der Waals surface area contributed by atoms with Gasteiger partial charge in [-0.2, -0.15) is 0 Å². The molecule has 8 nitrogen and oxygen atoms in total. The molecule has 1 aromatic heterocycles. The molecule has 186 valence electrons. The highest BCUT2D eigenvalue weighted by Crippen LogP contribution is 2.48. The maximum absolute atomic E-state index is 12.6. The summed E-state index contributed by atoms with van der Waals surface area (Å²) >= 11 is 0. The molecule has 3 aromatic rings. The van der Waals surface area contributed by atoms with E-state index < -0.39 is 10.9 Å². The van der Waals surface area contributed by atoms with Crippen LogP contribution in [-0.2, 0) is 11.2 Å². The number of phenols is 1. The Hall–Kier alpha value is -3.39. The van der Waals surface area contributed by atoms with Crippen molar-refractivity contribution in [1.82, 2.24) is 4.90 Å². The van der Waals surface area contributed by atoms with Gasteiger partial charge in [-0.25, -0.2) is 0 Å². The smallest absolute Gasteiger partial charge is 0.257 e. The molecule has 2 aromatic carbocycles. The highest BCUT2D eigenvalue weighted by atomic mass is 16.5. The van der Waals surface area contributed by atoms with Crippen LogP contribution in [0.2, 0.25) is 0 Å². The van der Waals surface area contributed by atoms with E-state index in [0.29, 0.717) is 25.2 Å². The Kier molecular flexibility index (Phi) is 6.60. The highest BCUT2D eigenvalue weighted by molar-refractivity contribution is 5.98. The van der Waals surface area contributed by atoms with Gasteiger partial charge >= 0.3 is 0 Å². The van der Waals surface area contributed by atoms with Gasteiger partial charge in [0.25, 0.3) is 5.91 Å². The Balaban J connectivity index is 1.65. The molecule has 2 unspecified atom stereocenters. The maximum atomic E-state index is 12.6. The van der Waals surface area contributed by atoms with Crippen LogP contribution in [0.15, 0.2) is 44.3 Å². The fraction of sp³-hybridized carbons (Fsp3) is 0.444. The number of carbonyl (C=O) groups is 1. The summed E-state index contributed by atoms with van der Waals surface area (Å²) in [6.45, 7) is 7.34. The standard InChI is InChI=1S/C27H32N2O6/c1-6-16(21(27(3)13-34-14-27)20-11-10-15(2)35-20)12-18-22(25(32)24(18)31)28-19-9-7-8-17(23(19)30)26(33)29(4)5/h7-11,16,21,28,30H,6,12-14H2,1-5H3. The van der Waals surface area contributed by atoms with Gasteiger partial charge in [0.05, 0.1) is 30.2 Å². The molecule has 2 N–H and O–H groups in total. The van der Waals surface area contributed by atoms with Crippen molar-refractivity contribution in [3.63, 3.8) is 0 Å². The third kappa shape index (κ3) is 4.38. The lowest BCUT2D eigenvalue weighted by Crippen LogP contribution is -2.48. The number of anilines is 2. The van der Waals surface area contributed by atoms with Crippen molar-refractivity contribution in [1.29, 1.82) is 0 Å². The van der Waals surface area contributed by atoms with E-state index in [-0.39, 0.29) is 45.8 Å². The molecule has 8 heteroatoms. The van der Waals surface area contributed by atoms with Crippen molar-refractivity contribution in [2.45, 2.75) is 39.5 Å². The summed E-state index contributed by atoms with van der Waals surface area (Å²) in [6, 6.07) is 8.62. The van der Waals surface area contributed by atoms with Crippen molar-refractivity contribution in [2.24, 2.45) is 11.3 Å². The van der Waals surface area contributed by atoms with Gasteiger partial charge in [0, 0.05) is 31.0 Å². The number of para-hydroxylation sites is 1. The van der Waals surface area contributed by atoms with Gasteiger partial charge in [-0.1, -0.05) is 26.3 Å². The lowest BCUT2D eigenvalue weighted by Gasteiger charge is -2.46. The summed E-state index contributed by atoms with van der Waals surface area (Å²) in [5.41, 5.74) is -0.382. The molecule has 1 fully saturated rings. The Labute approximate surface area is 204 Å². The second kappa shape index (κ2) is 9.34. The minimum atomic E-state index is -0.623. The molecule has 1 saturated heterocycles. The summed E-state index contributed by atoms with van der Waals surface area (Å²) in [5.74, 6) is 1.11. The molecular weight excluding hydrogens is 448 g/mol. The predicted molar refractivity (Wildman–Crippen MR) is 133 cm³/mol. The first kappa shape index (κ1) is 24.7. The summed E-state index contributed by atoms with van der Waals surface area (Å²) in [5, 5.41) is 13.6. The van der Waals surface area contributed by atoms with E-state index in [1.807, 2.05) is 19.1 Å². The van der Waals surface area contributed by atoms with Crippen LogP contribution >= 0.6 is 0 Å². The minimum Gasteiger partial charge on any atom is -0.505 e. The van der Waals surface area contributed by atoms with E-state index in [0.717, 1.165) is 17.9 Å². The van der Waals surface area contributed by atoms with Crippen LogP contribution in [-0.4, -0.2) is 43.2 Å². The van der Waals surface area contributed by atoms with E-state index >= 15 is 0 Å². The summed E-state index contributed by atoms with van der Waals surface area (Å²) in [6.07, 6.45) is 1.16. The first-order valence-electron chi connectivity index (χ1n) is 11.8. The number of rotatable bonds is 9. The average molecular weight is 481 g/mol. The predicted octanol–water partition coefficient (Wildman–Crippen LogP) is 3.72. The number of nitrogens with zero attached hydrogens (tertiary/aromatic N) is 1. The van der Waals surface area contributed by atoms with Crippen LogP contribution < -0.4 is 16.2 Å². The van der Waals surface area contributed by atoms with Crippen molar-refractivity contribution < 1.29 is 19.1 Å². The highest BCUT2D eigenvalue weighted by Gasteiger charge is 2.47. The van der Waals surface area contributed by atoms with Crippen molar-refractivity contribution in [2.75, 3.05) is 32.6 Å². The third-order valence-electron chi connectivity index (χ3n) is 7.09. The Morgan fingerprint density at radius 2 is 1.89 bits per heavy atom. The number of aryl methyl sites for hydroxylation is 1. The molecule has 1 aliphatic heterocycles. The summed E-state index contributed by atoms with van der Waals surface area (Å²) in [4.78, 5) is 38.9. The van der Waals surface area contributed by atoms with Gasteiger partial charge < -0.3 is 24.5 Å². The monoisotopic (exact) mass is 480 g/mol. The number of hydrogen-bond acceptors (Lipinski definition) is 7. The van der Waals surface area contributed by atoms with Crippen molar-refractivity contribution >= 4 is 17.3 Å². The molecule has 2 atom stereocenters. The van der Waals surface area contributed by atoms with Gasteiger partial charge in [-0.3, -0.25) is 14.4 Å². The minimum absolute atomic E-state index is 0.0154. The zero-order chi connectivity index (χ0) is 25.5. The van der Waals surface area contributed by atoms with Crippen molar-refractivity contribution in [3.8, 4) is 5.75 Å². The molecule has 0 aliphatic carbocycles. The first-order valence-corrected chi connectivity index (χ1v) is 11.8. The molecule has 4 rings (SSSR count). The first-order chi connectivity index (χ1) is 16.6. The number of amides is 1. The Morgan fingerprint density at radius 3 is 2.43 bits per heavy atom. The zero-order valence-corrected chi connectivity index (χ0v) is 20.8. The molecule has 0 radical (unpaired) electrons. The van der Waals surface area contributed by atoms with Crippen LogP contribution in [0.1, 0.15) is 53.6 Å². The van der Waals surface area contributed by atoms with Gasteiger partial charge in [0.15, 0.2) is 5.75 Å².